The van der Waals surface area contributed by atoms with E-state index in [4.69, 9.17) is 16.9 Å². The first kappa shape index (κ1) is 12.5. The lowest BCUT2D eigenvalue weighted by atomic mass is 10.3. The van der Waals surface area contributed by atoms with Gasteiger partial charge in [0.1, 0.15) is 11.6 Å². The second kappa shape index (κ2) is 5.56. The molecule has 0 fully saturated rings. The first-order valence-corrected chi connectivity index (χ1v) is 6.05. The maximum atomic E-state index is 5.68. The molecule has 0 spiro atoms. The summed E-state index contributed by atoms with van der Waals surface area (Å²) in [5, 5.41) is 0. The normalized spacial score (nSPS) is 10.5. The minimum atomic E-state index is 0.376. The van der Waals surface area contributed by atoms with E-state index in [1.807, 2.05) is 22.8 Å². The van der Waals surface area contributed by atoms with Crippen LogP contribution in [0, 0.1) is 12.3 Å². The lowest BCUT2D eigenvalue weighted by Crippen LogP contribution is -2.07. The summed E-state index contributed by atoms with van der Waals surface area (Å²) in [6.07, 6.45) is 6.35. The number of fused-ring (bicyclic) bond motifs is 1. The largest absolute Gasteiger partial charge is 0.494 e. The average molecular weight is 243 g/mol. The van der Waals surface area contributed by atoms with Gasteiger partial charge in [-0.15, -0.1) is 6.42 Å². The third kappa shape index (κ3) is 2.31. The molecule has 0 radical (unpaired) electrons. The summed E-state index contributed by atoms with van der Waals surface area (Å²) in [5.74, 6) is 4.26. The molecule has 0 atom stereocenters. The predicted octanol–water partition coefficient (Wildman–Crippen LogP) is 1.92. The maximum Gasteiger partial charge on any atom is 0.124 e. The number of terminal acetylenes is 1. The second-order valence-corrected chi connectivity index (χ2v) is 4.02. The van der Waals surface area contributed by atoms with Gasteiger partial charge < -0.3 is 15.0 Å². The third-order valence-corrected chi connectivity index (χ3v) is 2.70. The summed E-state index contributed by atoms with van der Waals surface area (Å²) in [7, 11) is 0. The summed E-state index contributed by atoms with van der Waals surface area (Å²) in [4.78, 5) is 4.48. The van der Waals surface area contributed by atoms with Crippen molar-refractivity contribution in [3.63, 3.8) is 0 Å². The molecule has 1 heterocycles. The van der Waals surface area contributed by atoms with Gasteiger partial charge in [-0.2, -0.15) is 0 Å². The van der Waals surface area contributed by atoms with E-state index in [2.05, 4.69) is 17.8 Å². The first-order valence-electron chi connectivity index (χ1n) is 6.05. The molecule has 4 heteroatoms. The van der Waals surface area contributed by atoms with E-state index < -0.39 is 0 Å². The molecule has 94 valence electrons. The van der Waals surface area contributed by atoms with Crippen molar-refractivity contribution in [1.29, 1.82) is 0 Å². The number of rotatable bonds is 5. The summed E-state index contributed by atoms with van der Waals surface area (Å²) in [6.45, 7) is 3.65. The lowest BCUT2D eigenvalue weighted by molar-refractivity contribution is 0.318. The number of hydrogen-bond donors (Lipinski definition) is 1. The van der Waals surface area contributed by atoms with Crippen molar-refractivity contribution < 1.29 is 4.74 Å². The van der Waals surface area contributed by atoms with Gasteiger partial charge in [-0.05, 0) is 18.6 Å². The van der Waals surface area contributed by atoms with Crippen molar-refractivity contribution in [3.05, 3.63) is 24.0 Å². The van der Waals surface area contributed by atoms with E-state index in [1.165, 1.54) is 0 Å². The molecule has 1 aromatic heterocycles. The highest BCUT2D eigenvalue weighted by molar-refractivity contribution is 5.78. The molecule has 0 unspecified atom stereocenters. The van der Waals surface area contributed by atoms with Gasteiger partial charge >= 0.3 is 0 Å². The number of benzene rings is 1. The van der Waals surface area contributed by atoms with Gasteiger partial charge in [0.15, 0.2) is 0 Å². The maximum absolute atomic E-state index is 5.68. The second-order valence-electron chi connectivity index (χ2n) is 4.02. The van der Waals surface area contributed by atoms with E-state index in [-0.39, 0.29) is 0 Å². The fourth-order valence-electron chi connectivity index (χ4n) is 1.89. The van der Waals surface area contributed by atoms with Crippen molar-refractivity contribution in [2.45, 2.75) is 26.4 Å². The Morgan fingerprint density at radius 2 is 2.33 bits per heavy atom. The Labute approximate surface area is 107 Å². The quantitative estimate of drug-likeness (QED) is 0.816. The molecular weight excluding hydrogens is 226 g/mol. The van der Waals surface area contributed by atoms with Crippen LogP contribution in [0.4, 0.5) is 0 Å². The van der Waals surface area contributed by atoms with Crippen LogP contribution in [0.15, 0.2) is 18.2 Å². The number of nitrogens with two attached hydrogens (primary N) is 1. The Morgan fingerprint density at radius 1 is 1.50 bits per heavy atom. The number of aromatic nitrogens is 2. The molecule has 0 saturated heterocycles. The minimum absolute atomic E-state index is 0.376. The SMILES string of the molecule is C#CCn1c(CN)nc2cc(OCCC)ccc21. The third-order valence-electron chi connectivity index (χ3n) is 2.70. The van der Waals surface area contributed by atoms with Crippen molar-refractivity contribution in [1.82, 2.24) is 9.55 Å². The van der Waals surface area contributed by atoms with Crippen molar-refractivity contribution in [2.75, 3.05) is 6.61 Å². The number of hydrogen-bond acceptors (Lipinski definition) is 3. The Balaban J connectivity index is 2.42. The molecule has 2 N–H and O–H groups in total. The Hall–Kier alpha value is -1.99. The van der Waals surface area contributed by atoms with E-state index >= 15 is 0 Å². The Morgan fingerprint density at radius 3 is 3.00 bits per heavy atom. The molecule has 1 aromatic carbocycles. The number of ether oxygens (including phenoxy) is 1. The summed E-state index contributed by atoms with van der Waals surface area (Å²) < 4.78 is 7.54. The van der Waals surface area contributed by atoms with Crippen molar-refractivity contribution in [2.24, 2.45) is 5.73 Å². The van der Waals surface area contributed by atoms with Crippen LogP contribution in [-0.4, -0.2) is 16.2 Å². The Bertz CT molecular complexity index is 580. The highest BCUT2D eigenvalue weighted by atomic mass is 16.5. The fourth-order valence-corrected chi connectivity index (χ4v) is 1.89. The van der Waals surface area contributed by atoms with Gasteiger partial charge in [-0.3, -0.25) is 0 Å². The van der Waals surface area contributed by atoms with E-state index in [9.17, 15) is 0 Å². The van der Waals surface area contributed by atoms with Gasteiger partial charge in [0.05, 0.1) is 30.7 Å². The first-order chi connectivity index (χ1) is 8.80. The standard InChI is InChI=1S/C14H17N3O/c1-3-7-17-13-6-5-11(18-8-4-2)9-12(13)16-14(17)10-15/h1,5-6,9H,4,7-8,10,15H2,2H3. The summed E-state index contributed by atoms with van der Waals surface area (Å²) in [5.41, 5.74) is 7.55. The van der Waals surface area contributed by atoms with Crippen LogP contribution in [0.1, 0.15) is 19.2 Å². The van der Waals surface area contributed by atoms with Crippen LogP contribution < -0.4 is 10.5 Å². The topological polar surface area (TPSA) is 53.1 Å². The van der Waals surface area contributed by atoms with Crippen molar-refractivity contribution in [3.8, 4) is 18.1 Å². The van der Waals surface area contributed by atoms with E-state index in [0.717, 1.165) is 29.0 Å². The average Bonchev–Trinajstić information content (AvgIpc) is 2.74. The molecule has 0 aliphatic rings. The molecule has 0 aliphatic heterocycles. The van der Waals surface area contributed by atoms with Gasteiger partial charge in [0.2, 0.25) is 0 Å². The molecular formula is C14H17N3O. The Kier molecular flexibility index (Phi) is 3.85. The smallest absolute Gasteiger partial charge is 0.124 e. The summed E-state index contributed by atoms with van der Waals surface area (Å²) >= 11 is 0. The van der Waals surface area contributed by atoms with Gasteiger partial charge in [0, 0.05) is 6.07 Å². The van der Waals surface area contributed by atoms with Crippen LogP contribution in [0.3, 0.4) is 0 Å². The zero-order valence-corrected chi connectivity index (χ0v) is 10.5. The fraction of sp³-hybridized carbons (Fsp3) is 0.357. The summed E-state index contributed by atoms with van der Waals surface area (Å²) in [6, 6.07) is 5.84. The predicted molar refractivity (Wildman–Crippen MR) is 72.2 cm³/mol. The number of nitrogens with zero attached hydrogens (tertiary/aromatic N) is 2. The highest BCUT2D eigenvalue weighted by Gasteiger charge is 2.09. The van der Waals surface area contributed by atoms with Crippen LogP contribution in [0.5, 0.6) is 5.75 Å². The monoisotopic (exact) mass is 243 g/mol. The molecule has 0 amide bonds. The van der Waals surface area contributed by atoms with E-state index in [1.54, 1.807) is 0 Å². The zero-order valence-electron chi connectivity index (χ0n) is 10.5. The van der Waals surface area contributed by atoms with Gasteiger partial charge in [-0.1, -0.05) is 12.8 Å². The van der Waals surface area contributed by atoms with Crippen molar-refractivity contribution >= 4 is 11.0 Å². The molecule has 0 bridgehead atoms. The van der Waals surface area contributed by atoms with Crippen LogP contribution in [0.2, 0.25) is 0 Å². The molecule has 4 nitrogen and oxygen atoms in total. The van der Waals surface area contributed by atoms with E-state index in [0.29, 0.717) is 19.7 Å². The lowest BCUT2D eigenvalue weighted by Gasteiger charge is -2.05. The van der Waals surface area contributed by atoms with Crippen LogP contribution in [-0.2, 0) is 13.1 Å². The van der Waals surface area contributed by atoms with Crippen LogP contribution in [0.25, 0.3) is 11.0 Å². The zero-order chi connectivity index (χ0) is 13.0. The molecule has 2 aromatic rings. The van der Waals surface area contributed by atoms with Gasteiger partial charge in [-0.25, -0.2) is 4.98 Å². The molecule has 18 heavy (non-hydrogen) atoms. The molecule has 0 saturated carbocycles. The minimum Gasteiger partial charge on any atom is -0.494 e. The van der Waals surface area contributed by atoms with Crippen LogP contribution >= 0.6 is 0 Å². The number of imidazole rings is 1. The van der Waals surface area contributed by atoms with Gasteiger partial charge in [0.25, 0.3) is 0 Å². The molecule has 0 aliphatic carbocycles. The highest BCUT2D eigenvalue weighted by Crippen LogP contribution is 2.22. The molecule has 2 rings (SSSR count).